The van der Waals surface area contributed by atoms with Crippen LogP contribution in [-0.4, -0.2) is 28.9 Å². The Morgan fingerprint density at radius 3 is 2.10 bits per heavy atom. The minimum Gasteiger partial charge on any atom is -0.377 e. The van der Waals surface area contributed by atoms with E-state index in [1.165, 1.54) is 0 Å². The first-order chi connectivity index (χ1) is 9.59. The van der Waals surface area contributed by atoms with Crippen molar-refractivity contribution in [3.63, 3.8) is 0 Å². The molecular weight excluding hydrogens is 256 g/mol. The van der Waals surface area contributed by atoms with Crippen molar-refractivity contribution in [2.45, 2.75) is 0 Å². The van der Waals surface area contributed by atoms with Gasteiger partial charge in [0.25, 0.3) is 0 Å². The van der Waals surface area contributed by atoms with Gasteiger partial charge >= 0.3 is 11.4 Å². The Morgan fingerprint density at radius 1 is 0.900 bits per heavy atom. The van der Waals surface area contributed by atoms with E-state index in [1.807, 2.05) is 49.3 Å². The van der Waals surface area contributed by atoms with Crippen molar-refractivity contribution in [1.29, 1.82) is 0 Å². The number of H-pyrrole nitrogens is 2. The number of benzene rings is 2. The Balaban J connectivity index is 2.43. The third kappa shape index (κ3) is 1.73. The fourth-order valence-corrected chi connectivity index (χ4v) is 2.38. The first kappa shape index (κ1) is 12.3. The normalized spacial score (nSPS) is 10.9. The standard InChI is InChI=1S/C14H14N4O2/c1-17(2)11-7-8-12(10-6-4-3-5-9(10)11)18-13(19)15-16-14(18)20/h3-8H,1-2H3,(H,15,19)(H,16,20). The molecule has 3 aromatic rings. The second-order valence-electron chi connectivity index (χ2n) is 4.74. The fraction of sp³-hybridized carbons (Fsp3) is 0.143. The highest BCUT2D eigenvalue weighted by Gasteiger charge is 2.12. The molecule has 6 nitrogen and oxygen atoms in total. The van der Waals surface area contributed by atoms with Gasteiger partial charge in [-0.1, -0.05) is 24.3 Å². The zero-order valence-corrected chi connectivity index (χ0v) is 11.2. The van der Waals surface area contributed by atoms with Gasteiger partial charge in [0, 0.05) is 30.6 Å². The maximum absolute atomic E-state index is 11.8. The zero-order valence-electron chi connectivity index (χ0n) is 11.2. The second-order valence-corrected chi connectivity index (χ2v) is 4.74. The highest BCUT2D eigenvalue weighted by Crippen LogP contribution is 2.29. The van der Waals surface area contributed by atoms with Crippen LogP contribution in [0.4, 0.5) is 5.69 Å². The van der Waals surface area contributed by atoms with Crippen LogP contribution in [0.2, 0.25) is 0 Å². The molecule has 0 spiro atoms. The summed E-state index contributed by atoms with van der Waals surface area (Å²) < 4.78 is 1.10. The van der Waals surface area contributed by atoms with E-state index in [-0.39, 0.29) is 0 Å². The van der Waals surface area contributed by atoms with Gasteiger partial charge < -0.3 is 4.90 Å². The van der Waals surface area contributed by atoms with Crippen LogP contribution < -0.4 is 16.3 Å². The average molecular weight is 270 g/mol. The minimum absolute atomic E-state index is 0.474. The maximum atomic E-state index is 11.8. The highest BCUT2D eigenvalue weighted by atomic mass is 16.2. The van der Waals surface area contributed by atoms with E-state index in [2.05, 4.69) is 10.2 Å². The number of nitrogens with one attached hydrogen (secondary N) is 2. The van der Waals surface area contributed by atoms with Crippen molar-refractivity contribution >= 4 is 16.5 Å². The predicted octanol–water partition coefficient (Wildman–Crippen LogP) is 1.07. The molecule has 0 aliphatic carbocycles. The molecule has 0 saturated carbocycles. The van der Waals surface area contributed by atoms with E-state index in [9.17, 15) is 9.59 Å². The summed E-state index contributed by atoms with van der Waals surface area (Å²) in [6.45, 7) is 0. The lowest BCUT2D eigenvalue weighted by Gasteiger charge is -2.17. The summed E-state index contributed by atoms with van der Waals surface area (Å²) in [6, 6.07) is 11.4. The molecule has 3 rings (SSSR count). The highest BCUT2D eigenvalue weighted by molar-refractivity contribution is 5.99. The molecule has 0 aliphatic rings. The zero-order chi connectivity index (χ0) is 14.3. The second kappa shape index (κ2) is 4.41. The maximum Gasteiger partial charge on any atom is 0.349 e. The molecule has 0 fully saturated rings. The third-order valence-electron chi connectivity index (χ3n) is 3.28. The fourth-order valence-electron chi connectivity index (χ4n) is 2.38. The van der Waals surface area contributed by atoms with Crippen molar-refractivity contribution < 1.29 is 0 Å². The van der Waals surface area contributed by atoms with Gasteiger partial charge in [-0.15, -0.1) is 0 Å². The quantitative estimate of drug-likeness (QED) is 0.731. The van der Waals surface area contributed by atoms with Crippen LogP contribution in [0.15, 0.2) is 46.0 Å². The molecule has 0 saturated heterocycles. The molecule has 0 radical (unpaired) electrons. The van der Waals surface area contributed by atoms with Gasteiger partial charge in [-0.05, 0) is 12.1 Å². The van der Waals surface area contributed by atoms with Crippen molar-refractivity contribution in [2.75, 3.05) is 19.0 Å². The van der Waals surface area contributed by atoms with Crippen LogP contribution in [0, 0.1) is 0 Å². The number of hydrogen-bond donors (Lipinski definition) is 2. The largest absolute Gasteiger partial charge is 0.377 e. The lowest BCUT2D eigenvalue weighted by molar-refractivity contribution is 0.960. The van der Waals surface area contributed by atoms with Gasteiger partial charge in [-0.3, -0.25) is 0 Å². The molecule has 2 N–H and O–H groups in total. The number of anilines is 1. The SMILES string of the molecule is CN(C)c1ccc(-n2c(=O)[nH][nH]c2=O)c2ccccc12. The van der Waals surface area contributed by atoms with Crippen LogP contribution in [0.3, 0.4) is 0 Å². The van der Waals surface area contributed by atoms with Gasteiger partial charge in [0.2, 0.25) is 0 Å². The molecule has 20 heavy (non-hydrogen) atoms. The smallest absolute Gasteiger partial charge is 0.349 e. The number of aromatic nitrogens is 3. The predicted molar refractivity (Wildman–Crippen MR) is 78.8 cm³/mol. The van der Waals surface area contributed by atoms with E-state index in [0.717, 1.165) is 21.0 Å². The van der Waals surface area contributed by atoms with Crippen molar-refractivity contribution in [2.24, 2.45) is 0 Å². The van der Waals surface area contributed by atoms with Crippen LogP contribution in [0.1, 0.15) is 0 Å². The van der Waals surface area contributed by atoms with E-state index in [1.54, 1.807) is 6.07 Å². The number of hydrogen-bond acceptors (Lipinski definition) is 3. The van der Waals surface area contributed by atoms with E-state index in [4.69, 9.17) is 0 Å². The molecule has 1 heterocycles. The Hall–Kier alpha value is -2.76. The molecule has 102 valence electrons. The number of nitrogens with zero attached hydrogens (tertiary/aromatic N) is 2. The van der Waals surface area contributed by atoms with Gasteiger partial charge in [0.15, 0.2) is 0 Å². The van der Waals surface area contributed by atoms with Crippen LogP contribution in [0.25, 0.3) is 16.5 Å². The molecule has 6 heteroatoms. The lowest BCUT2D eigenvalue weighted by Crippen LogP contribution is -2.25. The number of rotatable bonds is 2. The molecular formula is C14H14N4O2. The average Bonchev–Trinajstić information content (AvgIpc) is 2.77. The molecule has 0 bridgehead atoms. The Morgan fingerprint density at radius 2 is 1.50 bits per heavy atom. The third-order valence-corrected chi connectivity index (χ3v) is 3.28. The van der Waals surface area contributed by atoms with Gasteiger partial charge in [0.05, 0.1) is 5.69 Å². The van der Waals surface area contributed by atoms with E-state index < -0.39 is 11.4 Å². The summed E-state index contributed by atoms with van der Waals surface area (Å²) in [5.74, 6) is 0. The summed E-state index contributed by atoms with van der Waals surface area (Å²) >= 11 is 0. The van der Waals surface area contributed by atoms with Crippen molar-refractivity contribution in [1.82, 2.24) is 14.8 Å². The molecule has 2 aromatic carbocycles. The molecule has 0 aliphatic heterocycles. The topological polar surface area (TPSA) is 73.9 Å². The number of fused-ring (bicyclic) bond motifs is 1. The summed E-state index contributed by atoms with van der Waals surface area (Å²) in [4.78, 5) is 25.5. The van der Waals surface area contributed by atoms with Crippen LogP contribution in [-0.2, 0) is 0 Å². The first-order valence-corrected chi connectivity index (χ1v) is 6.19. The van der Waals surface area contributed by atoms with Crippen LogP contribution in [0.5, 0.6) is 0 Å². The number of aromatic amines is 2. The van der Waals surface area contributed by atoms with Crippen molar-refractivity contribution in [3.05, 3.63) is 57.4 Å². The molecule has 0 atom stereocenters. The van der Waals surface area contributed by atoms with E-state index >= 15 is 0 Å². The summed E-state index contributed by atoms with van der Waals surface area (Å²) in [6.07, 6.45) is 0. The summed E-state index contributed by atoms with van der Waals surface area (Å²) in [7, 11) is 3.91. The minimum atomic E-state index is -0.474. The van der Waals surface area contributed by atoms with E-state index in [0.29, 0.717) is 5.69 Å². The van der Waals surface area contributed by atoms with Crippen LogP contribution >= 0.6 is 0 Å². The molecule has 0 unspecified atom stereocenters. The summed E-state index contributed by atoms with van der Waals surface area (Å²) in [5, 5.41) is 6.44. The van der Waals surface area contributed by atoms with Gasteiger partial charge in [0.1, 0.15) is 0 Å². The monoisotopic (exact) mass is 270 g/mol. The lowest BCUT2D eigenvalue weighted by atomic mass is 10.1. The Labute approximate surface area is 114 Å². The molecule has 1 aromatic heterocycles. The summed E-state index contributed by atoms with van der Waals surface area (Å²) in [5.41, 5.74) is 0.651. The Kier molecular flexibility index (Phi) is 2.71. The molecule has 0 amide bonds. The first-order valence-electron chi connectivity index (χ1n) is 6.19. The van der Waals surface area contributed by atoms with Crippen molar-refractivity contribution in [3.8, 4) is 5.69 Å². The van der Waals surface area contributed by atoms with Gasteiger partial charge in [-0.25, -0.2) is 24.4 Å². The Bertz CT molecular complexity index is 858. The van der Waals surface area contributed by atoms with Gasteiger partial charge in [-0.2, -0.15) is 0 Å².